The van der Waals surface area contributed by atoms with Crippen LogP contribution < -0.4 is 10.1 Å². The molecule has 10 heteroatoms. The van der Waals surface area contributed by atoms with E-state index in [2.05, 4.69) is 15.0 Å². The Morgan fingerprint density at radius 2 is 1.88 bits per heavy atom. The van der Waals surface area contributed by atoms with Crippen molar-refractivity contribution in [2.24, 2.45) is 0 Å². The molecule has 1 aromatic carbocycles. The topological polar surface area (TPSA) is 61.9 Å². The summed E-state index contributed by atoms with van der Waals surface area (Å²) in [5.74, 6) is -0.531. The molecular weight excluding hydrogens is 455 g/mol. The number of benzene rings is 1. The molecule has 33 heavy (non-hydrogen) atoms. The highest BCUT2D eigenvalue weighted by Crippen LogP contribution is 2.27. The SMILES string of the molecule is O=C(NCc1ccccc1OC(F)(F)F)c1ccc(CN2CCN(C3CCCC3)C(=O)C2)s1. The summed E-state index contributed by atoms with van der Waals surface area (Å²) in [6.45, 7) is 2.42. The summed E-state index contributed by atoms with van der Waals surface area (Å²) in [4.78, 5) is 30.6. The van der Waals surface area contributed by atoms with E-state index in [1.54, 1.807) is 12.1 Å². The molecule has 6 nitrogen and oxygen atoms in total. The number of halogens is 3. The predicted molar refractivity (Wildman–Crippen MR) is 118 cm³/mol. The number of rotatable bonds is 7. The van der Waals surface area contributed by atoms with Gasteiger partial charge in [-0.3, -0.25) is 14.5 Å². The maximum Gasteiger partial charge on any atom is 0.573 e. The average Bonchev–Trinajstić information content (AvgIpc) is 3.44. The van der Waals surface area contributed by atoms with Gasteiger partial charge in [0.2, 0.25) is 5.91 Å². The van der Waals surface area contributed by atoms with E-state index >= 15 is 0 Å². The molecule has 1 saturated carbocycles. The fourth-order valence-corrected chi connectivity index (χ4v) is 5.38. The van der Waals surface area contributed by atoms with E-state index in [1.807, 2.05) is 11.0 Å². The Bertz CT molecular complexity index is 989. The Hall–Kier alpha value is -2.59. The number of hydrogen-bond donors (Lipinski definition) is 1. The summed E-state index contributed by atoms with van der Waals surface area (Å²) < 4.78 is 41.7. The van der Waals surface area contributed by atoms with E-state index in [-0.39, 0.29) is 29.7 Å². The monoisotopic (exact) mass is 481 g/mol. The molecule has 2 aromatic rings. The second-order valence-electron chi connectivity index (χ2n) is 8.34. The van der Waals surface area contributed by atoms with Gasteiger partial charge in [0.25, 0.3) is 5.91 Å². The van der Waals surface area contributed by atoms with Crippen LogP contribution in [-0.4, -0.2) is 53.7 Å². The number of piperazine rings is 1. The van der Waals surface area contributed by atoms with Crippen LogP contribution in [0.15, 0.2) is 36.4 Å². The molecule has 4 rings (SSSR count). The number of nitrogens with one attached hydrogen (secondary N) is 1. The molecule has 0 atom stereocenters. The van der Waals surface area contributed by atoms with Gasteiger partial charge in [-0.2, -0.15) is 0 Å². The molecule has 178 valence electrons. The minimum Gasteiger partial charge on any atom is -0.405 e. The molecule has 1 aliphatic heterocycles. The summed E-state index contributed by atoms with van der Waals surface area (Å²) >= 11 is 1.32. The number of ether oxygens (including phenoxy) is 1. The standard InChI is InChI=1S/C23H26F3N3O3S/c24-23(25,26)32-19-8-4-1-5-16(19)13-27-22(31)20-10-9-18(33-20)14-28-11-12-29(21(30)15-28)17-6-2-3-7-17/h1,4-5,8-10,17H,2-3,6-7,11-15H2,(H,27,31). The van der Waals surface area contributed by atoms with Crippen LogP contribution in [0.4, 0.5) is 13.2 Å². The van der Waals surface area contributed by atoms with Gasteiger partial charge in [-0.05, 0) is 31.0 Å². The van der Waals surface area contributed by atoms with E-state index in [4.69, 9.17) is 0 Å². The average molecular weight is 482 g/mol. The number of alkyl halides is 3. The van der Waals surface area contributed by atoms with Crippen LogP contribution in [-0.2, 0) is 17.9 Å². The van der Waals surface area contributed by atoms with Gasteiger partial charge >= 0.3 is 6.36 Å². The third-order valence-corrected chi connectivity index (χ3v) is 7.07. The lowest BCUT2D eigenvalue weighted by Crippen LogP contribution is -2.53. The normalized spacial score (nSPS) is 18.0. The molecule has 0 radical (unpaired) electrons. The maximum atomic E-state index is 12.6. The molecule has 2 aliphatic rings. The van der Waals surface area contributed by atoms with Crippen molar-refractivity contribution in [3.8, 4) is 5.75 Å². The van der Waals surface area contributed by atoms with E-state index in [0.29, 0.717) is 24.0 Å². The smallest absolute Gasteiger partial charge is 0.405 e. The van der Waals surface area contributed by atoms with Crippen molar-refractivity contribution in [2.75, 3.05) is 19.6 Å². The molecule has 0 unspecified atom stereocenters. The zero-order valence-electron chi connectivity index (χ0n) is 18.1. The predicted octanol–water partition coefficient (Wildman–Crippen LogP) is 4.16. The summed E-state index contributed by atoms with van der Waals surface area (Å²) in [5, 5.41) is 2.65. The number of nitrogens with zero attached hydrogens (tertiary/aromatic N) is 2. The first-order valence-corrected chi connectivity index (χ1v) is 11.8. The lowest BCUT2D eigenvalue weighted by atomic mass is 10.1. The number of carbonyl (C=O) groups excluding carboxylic acids is 2. The van der Waals surface area contributed by atoms with Gasteiger partial charge in [-0.15, -0.1) is 24.5 Å². The van der Waals surface area contributed by atoms with Gasteiger partial charge in [0, 0.05) is 42.7 Å². The molecule has 1 saturated heterocycles. The Balaban J connectivity index is 1.29. The van der Waals surface area contributed by atoms with Gasteiger partial charge in [0.15, 0.2) is 0 Å². The van der Waals surface area contributed by atoms with Crippen molar-refractivity contribution < 1.29 is 27.5 Å². The molecule has 0 spiro atoms. The minimum atomic E-state index is -4.80. The van der Waals surface area contributed by atoms with Gasteiger partial charge in [0.05, 0.1) is 11.4 Å². The van der Waals surface area contributed by atoms with Crippen LogP contribution in [0.5, 0.6) is 5.75 Å². The van der Waals surface area contributed by atoms with Gasteiger partial charge in [-0.1, -0.05) is 31.0 Å². The molecular formula is C23H26F3N3O3S. The summed E-state index contributed by atoms with van der Waals surface area (Å²) in [6.07, 6.45) is -0.213. The third-order valence-electron chi connectivity index (χ3n) is 6.00. The van der Waals surface area contributed by atoms with Crippen molar-refractivity contribution in [3.63, 3.8) is 0 Å². The van der Waals surface area contributed by atoms with Crippen LogP contribution in [0.25, 0.3) is 0 Å². The first kappa shape index (κ1) is 23.6. The van der Waals surface area contributed by atoms with Crippen LogP contribution in [0.3, 0.4) is 0 Å². The van der Waals surface area contributed by atoms with Gasteiger partial charge in [-0.25, -0.2) is 0 Å². The highest BCUT2D eigenvalue weighted by molar-refractivity contribution is 7.14. The quantitative estimate of drug-likeness (QED) is 0.645. The van der Waals surface area contributed by atoms with E-state index < -0.39 is 6.36 Å². The van der Waals surface area contributed by atoms with E-state index in [0.717, 1.165) is 30.8 Å². The second-order valence-corrected chi connectivity index (χ2v) is 9.51. The number of para-hydroxylation sites is 1. The van der Waals surface area contributed by atoms with Gasteiger partial charge in [0.1, 0.15) is 5.75 Å². The third kappa shape index (κ3) is 6.26. The Labute approximate surface area is 194 Å². The van der Waals surface area contributed by atoms with E-state index in [1.165, 1.54) is 42.4 Å². The zero-order valence-corrected chi connectivity index (χ0v) is 18.9. The van der Waals surface area contributed by atoms with Crippen LogP contribution >= 0.6 is 11.3 Å². The maximum absolute atomic E-state index is 12.6. The van der Waals surface area contributed by atoms with Crippen LogP contribution in [0.2, 0.25) is 0 Å². The first-order chi connectivity index (χ1) is 15.8. The number of carbonyl (C=O) groups is 2. The zero-order chi connectivity index (χ0) is 23.4. The molecule has 1 aliphatic carbocycles. The summed E-state index contributed by atoms with van der Waals surface area (Å²) in [5.41, 5.74) is 0.235. The molecule has 2 fully saturated rings. The van der Waals surface area contributed by atoms with Gasteiger partial charge < -0.3 is 15.0 Å². The van der Waals surface area contributed by atoms with Crippen LogP contribution in [0, 0.1) is 0 Å². The molecule has 2 heterocycles. The molecule has 1 aromatic heterocycles. The summed E-state index contributed by atoms with van der Waals surface area (Å²) in [7, 11) is 0. The fraction of sp³-hybridized carbons (Fsp3) is 0.478. The van der Waals surface area contributed by atoms with Crippen molar-refractivity contribution >= 4 is 23.2 Å². The number of hydrogen-bond acceptors (Lipinski definition) is 5. The fourth-order valence-electron chi connectivity index (χ4n) is 4.41. The minimum absolute atomic E-state index is 0.0874. The number of thiophene rings is 1. The largest absolute Gasteiger partial charge is 0.573 e. The van der Waals surface area contributed by atoms with Crippen molar-refractivity contribution in [1.29, 1.82) is 0 Å². The summed E-state index contributed by atoms with van der Waals surface area (Å²) in [6, 6.07) is 9.66. The van der Waals surface area contributed by atoms with Crippen molar-refractivity contribution in [3.05, 3.63) is 51.7 Å². The highest BCUT2D eigenvalue weighted by atomic mass is 32.1. The molecule has 1 N–H and O–H groups in total. The second kappa shape index (κ2) is 10.1. The van der Waals surface area contributed by atoms with E-state index in [9.17, 15) is 22.8 Å². The van der Waals surface area contributed by atoms with Crippen LogP contribution in [0.1, 0.15) is 45.8 Å². The lowest BCUT2D eigenvalue weighted by Gasteiger charge is -2.37. The molecule has 0 bridgehead atoms. The van der Waals surface area contributed by atoms with Crippen molar-refractivity contribution in [1.82, 2.24) is 15.1 Å². The highest BCUT2D eigenvalue weighted by Gasteiger charge is 2.32. The lowest BCUT2D eigenvalue weighted by molar-refractivity contribution is -0.274. The number of amides is 2. The Morgan fingerprint density at radius 3 is 2.61 bits per heavy atom. The molecule has 2 amide bonds. The van der Waals surface area contributed by atoms with Crippen molar-refractivity contribution in [2.45, 2.75) is 51.2 Å². The first-order valence-electron chi connectivity index (χ1n) is 11.0. The Morgan fingerprint density at radius 1 is 1.12 bits per heavy atom. The Kier molecular flexibility index (Phi) is 7.23.